The van der Waals surface area contributed by atoms with Crippen molar-refractivity contribution < 1.29 is 19.5 Å². The van der Waals surface area contributed by atoms with Crippen LogP contribution in [0.15, 0.2) is 26.3 Å². The van der Waals surface area contributed by atoms with Gasteiger partial charge in [0.2, 0.25) is 5.91 Å². The van der Waals surface area contributed by atoms with E-state index in [9.17, 15) is 19.5 Å². The summed E-state index contributed by atoms with van der Waals surface area (Å²) in [5.74, 6) is -1.07. The second kappa shape index (κ2) is 9.15. The van der Waals surface area contributed by atoms with Crippen molar-refractivity contribution in [1.29, 1.82) is 0 Å². The minimum absolute atomic E-state index is 0.00216. The highest BCUT2D eigenvalue weighted by Crippen LogP contribution is 2.42. The van der Waals surface area contributed by atoms with E-state index in [0.29, 0.717) is 17.1 Å². The zero-order valence-electron chi connectivity index (χ0n) is 17.2. The highest BCUT2D eigenvalue weighted by molar-refractivity contribution is 9.10. The molecular formula is C18H19BrN6O4S3. The van der Waals surface area contributed by atoms with Crippen LogP contribution in [0.5, 0.6) is 0 Å². The maximum Gasteiger partial charge on any atom is 0.352 e. The Morgan fingerprint density at radius 2 is 2.16 bits per heavy atom. The zero-order chi connectivity index (χ0) is 23.2. The maximum absolute atomic E-state index is 12.8. The van der Waals surface area contributed by atoms with Crippen LogP contribution in [-0.4, -0.2) is 70.7 Å². The molecule has 3 atom stereocenters. The van der Waals surface area contributed by atoms with Gasteiger partial charge in [-0.05, 0) is 42.3 Å². The normalized spacial score (nSPS) is 21.2. The van der Waals surface area contributed by atoms with Crippen LogP contribution in [0, 0.1) is 13.8 Å². The Morgan fingerprint density at radius 3 is 2.75 bits per heavy atom. The van der Waals surface area contributed by atoms with Crippen LogP contribution in [0.1, 0.15) is 23.7 Å². The molecule has 4 rings (SSSR count). The van der Waals surface area contributed by atoms with Gasteiger partial charge in [-0.1, -0.05) is 23.1 Å². The molecule has 2 aromatic rings. The Labute approximate surface area is 204 Å². The van der Waals surface area contributed by atoms with Gasteiger partial charge in [0.15, 0.2) is 4.34 Å². The number of β-lactam (4-membered cyclic amide) rings is 1. The first-order chi connectivity index (χ1) is 15.2. The first-order valence-corrected chi connectivity index (χ1v) is 13.2. The largest absolute Gasteiger partial charge is 0.477 e. The molecule has 4 heterocycles. The van der Waals surface area contributed by atoms with Crippen LogP contribution in [-0.2, 0) is 14.4 Å². The molecule has 14 heteroatoms. The standard InChI is InChI=1S/C18H19BrN6O4S3/c1-7-11(19)4-24(23-7)8(2)14(26)20-12-15(27)25-13(17(28)29)10(5-30-16(12)25)6-31-18-22-21-9(3)32-18/h4,8,12,16H,5-6H2,1-3H3,(H,20,26)(H,28,29)/t8-,12-,16-/m1/s1. The first kappa shape index (κ1) is 23.3. The van der Waals surface area contributed by atoms with Crippen LogP contribution in [0.25, 0.3) is 0 Å². The number of nitrogens with one attached hydrogen (secondary N) is 1. The van der Waals surface area contributed by atoms with E-state index in [2.05, 4.69) is 36.5 Å². The molecule has 2 aliphatic heterocycles. The van der Waals surface area contributed by atoms with E-state index in [4.69, 9.17) is 0 Å². The number of halogens is 1. The van der Waals surface area contributed by atoms with E-state index in [1.54, 1.807) is 13.1 Å². The summed E-state index contributed by atoms with van der Waals surface area (Å²) >= 11 is 7.65. The highest BCUT2D eigenvalue weighted by Gasteiger charge is 2.54. The van der Waals surface area contributed by atoms with E-state index < -0.39 is 29.3 Å². The smallest absolute Gasteiger partial charge is 0.352 e. The summed E-state index contributed by atoms with van der Waals surface area (Å²) in [7, 11) is 0. The van der Waals surface area contributed by atoms with Crippen molar-refractivity contribution in [1.82, 2.24) is 30.2 Å². The van der Waals surface area contributed by atoms with Crippen molar-refractivity contribution in [3.63, 3.8) is 0 Å². The third-order valence-corrected chi connectivity index (χ3v) is 9.23. The summed E-state index contributed by atoms with van der Waals surface area (Å²) in [5.41, 5.74) is 1.40. The molecule has 1 saturated heterocycles. The van der Waals surface area contributed by atoms with Crippen LogP contribution >= 0.6 is 50.8 Å². The second-order valence-corrected chi connectivity index (χ2v) is 11.6. The number of carbonyl (C=O) groups excluding carboxylic acids is 2. The molecule has 170 valence electrons. The minimum atomic E-state index is -1.15. The molecule has 0 radical (unpaired) electrons. The van der Waals surface area contributed by atoms with Crippen LogP contribution in [0.4, 0.5) is 0 Å². The maximum atomic E-state index is 12.8. The predicted molar refractivity (Wildman–Crippen MR) is 124 cm³/mol. The van der Waals surface area contributed by atoms with Gasteiger partial charge in [-0.3, -0.25) is 19.2 Å². The van der Waals surface area contributed by atoms with E-state index in [1.807, 2.05) is 13.8 Å². The molecular weight excluding hydrogens is 540 g/mol. The fourth-order valence-electron chi connectivity index (χ4n) is 3.33. The molecule has 10 nitrogen and oxygen atoms in total. The van der Waals surface area contributed by atoms with Crippen molar-refractivity contribution in [3.8, 4) is 0 Å². The molecule has 2 aliphatic rings. The molecule has 0 aromatic carbocycles. The third-order valence-electron chi connectivity index (χ3n) is 5.06. The van der Waals surface area contributed by atoms with Crippen LogP contribution in [0.2, 0.25) is 0 Å². The first-order valence-electron chi connectivity index (χ1n) is 9.52. The van der Waals surface area contributed by atoms with Gasteiger partial charge in [0, 0.05) is 17.7 Å². The fraction of sp³-hybridized carbons (Fsp3) is 0.444. The highest BCUT2D eigenvalue weighted by atomic mass is 79.9. The number of amides is 2. The molecule has 2 amide bonds. The predicted octanol–water partition coefficient (Wildman–Crippen LogP) is 2.21. The van der Waals surface area contributed by atoms with Gasteiger partial charge in [0.1, 0.15) is 28.2 Å². The summed E-state index contributed by atoms with van der Waals surface area (Å²) in [6.45, 7) is 5.36. The van der Waals surface area contributed by atoms with Gasteiger partial charge in [-0.2, -0.15) is 5.10 Å². The van der Waals surface area contributed by atoms with Crippen molar-refractivity contribution in [3.05, 3.63) is 32.6 Å². The van der Waals surface area contributed by atoms with Crippen molar-refractivity contribution in [2.75, 3.05) is 11.5 Å². The SMILES string of the molecule is Cc1nnc(SCC2=C(C(=O)O)N3C(=O)[C@@H](NC(=O)[C@@H](C)n4cc(Br)c(C)n4)[C@H]3SC2)s1. The number of thioether (sulfide) groups is 2. The lowest BCUT2D eigenvalue weighted by Gasteiger charge is -2.49. The Bertz CT molecular complexity index is 1110. The van der Waals surface area contributed by atoms with E-state index in [0.717, 1.165) is 19.5 Å². The topological polar surface area (TPSA) is 130 Å². The van der Waals surface area contributed by atoms with Crippen molar-refractivity contribution in [2.24, 2.45) is 0 Å². The second-order valence-electron chi connectivity index (χ2n) is 7.25. The zero-order valence-corrected chi connectivity index (χ0v) is 21.3. The molecule has 1 fully saturated rings. The Balaban J connectivity index is 1.45. The van der Waals surface area contributed by atoms with Gasteiger partial charge in [0.05, 0.1) is 10.2 Å². The molecule has 32 heavy (non-hydrogen) atoms. The summed E-state index contributed by atoms with van der Waals surface area (Å²) in [4.78, 5) is 38.8. The number of aliphatic carboxylic acids is 1. The van der Waals surface area contributed by atoms with Gasteiger partial charge in [0.25, 0.3) is 5.91 Å². The summed E-state index contributed by atoms with van der Waals surface area (Å²) < 4.78 is 3.06. The fourth-order valence-corrected chi connectivity index (χ4v) is 6.92. The van der Waals surface area contributed by atoms with Crippen LogP contribution < -0.4 is 5.32 Å². The third kappa shape index (κ3) is 4.32. The average Bonchev–Trinajstić information content (AvgIpc) is 3.33. The summed E-state index contributed by atoms with van der Waals surface area (Å²) in [6, 6.07) is -1.39. The Kier molecular flexibility index (Phi) is 6.66. The quantitative estimate of drug-likeness (QED) is 0.387. The van der Waals surface area contributed by atoms with E-state index >= 15 is 0 Å². The number of carboxylic acids is 1. The Morgan fingerprint density at radius 1 is 1.41 bits per heavy atom. The number of carbonyl (C=O) groups is 3. The number of hydrogen-bond donors (Lipinski definition) is 2. The average molecular weight is 559 g/mol. The number of fused-ring (bicyclic) bond motifs is 1. The lowest BCUT2D eigenvalue weighted by atomic mass is 10.0. The van der Waals surface area contributed by atoms with E-state index in [-0.39, 0.29) is 11.6 Å². The number of nitrogens with zero attached hydrogens (tertiary/aromatic N) is 5. The number of hydrogen-bond acceptors (Lipinski definition) is 9. The van der Waals surface area contributed by atoms with E-state index in [1.165, 1.54) is 44.4 Å². The monoisotopic (exact) mass is 558 g/mol. The number of carboxylic acid groups (broad SMARTS) is 1. The van der Waals surface area contributed by atoms with Crippen molar-refractivity contribution >= 4 is 68.6 Å². The molecule has 0 unspecified atom stereocenters. The van der Waals surface area contributed by atoms with Crippen LogP contribution in [0.3, 0.4) is 0 Å². The number of rotatable bonds is 7. The molecule has 0 spiro atoms. The minimum Gasteiger partial charge on any atom is -0.477 e. The molecule has 0 bridgehead atoms. The van der Waals surface area contributed by atoms with Gasteiger partial charge >= 0.3 is 5.97 Å². The van der Waals surface area contributed by atoms with Crippen molar-refractivity contribution in [2.45, 2.75) is 42.6 Å². The molecule has 0 aliphatic carbocycles. The molecule has 2 aromatic heterocycles. The summed E-state index contributed by atoms with van der Waals surface area (Å²) in [6.07, 6.45) is 1.71. The van der Waals surface area contributed by atoms with Gasteiger partial charge in [-0.15, -0.1) is 22.0 Å². The lowest BCUT2D eigenvalue weighted by Crippen LogP contribution is -2.71. The number of aromatic nitrogens is 4. The Hall–Kier alpha value is -1.90. The number of aryl methyl sites for hydroxylation is 2. The molecule has 2 N–H and O–H groups in total. The molecule has 0 saturated carbocycles. The lowest BCUT2D eigenvalue weighted by molar-refractivity contribution is -0.151. The van der Waals surface area contributed by atoms with Gasteiger partial charge in [-0.25, -0.2) is 4.79 Å². The summed E-state index contributed by atoms with van der Waals surface area (Å²) in [5, 5.41) is 25.2. The van der Waals surface area contributed by atoms with Gasteiger partial charge < -0.3 is 10.4 Å².